The van der Waals surface area contributed by atoms with Crippen LogP contribution in [0.3, 0.4) is 0 Å². The van der Waals surface area contributed by atoms with Crippen molar-refractivity contribution in [1.29, 1.82) is 0 Å². The third kappa shape index (κ3) is 2.18. The number of methoxy groups -OCH3 is 1. The molecule has 1 N–H and O–H groups in total. The van der Waals surface area contributed by atoms with Crippen LogP contribution < -0.4 is 4.74 Å². The summed E-state index contributed by atoms with van der Waals surface area (Å²) in [7, 11) is 1.57. The third-order valence-corrected chi connectivity index (χ3v) is 3.94. The summed E-state index contributed by atoms with van der Waals surface area (Å²) in [5.74, 6) is 0.370. The van der Waals surface area contributed by atoms with E-state index in [1.807, 2.05) is 18.2 Å². The van der Waals surface area contributed by atoms with Gasteiger partial charge in [-0.25, -0.2) is 4.39 Å². The Morgan fingerprint density at radius 3 is 2.85 bits per heavy atom. The van der Waals surface area contributed by atoms with Crippen molar-refractivity contribution < 1.29 is 14.2 Å². The SMILES string of the molecule is COc1ccc(F)c(-c2cccc3c2CCCC3O)c1. The van der Waals surface area contributed by atoms with Gasteiger partial charge < -0.3 is 9.84 Å². The van der Waals surface area contributed by atoms with Crippen molar-refractivity contribution in [1.82, 2.24) is 0 Å². The first-order valence-electron chi connectivity index (χ1n) is 6.84. The van der Waals surface area contributed by atoms with E-state index in [1.54, 1.807) is 19.2 Å². The Kier molecular flexibility index (Phi) is 3.45. The van der Waals surface area contributed by atoms with E-state index in [9.17, 15) is 9.50 Å². The van der Waals surface area contributed by atoms with Crippen molar-refractivity contribution in [2.45, 2.75) is 25.4 Å². The predicted octanol–water partition coefficient (Wildman–Crippen LogP) is 3.87. The highest BCUT2D eigenvalue weighted by Gasteiger charge is 2.21. The molecule has 0 aromatic heterocycles. The van der Waals surface area contributed by atoms with Gasteiger partial charge in [0.25, 0.3) is 0 Å². The van der Waals surface area contributed by atoms with Gasteiger partial charge in [-0.05, 0) is 54.2 Å². The average molecular weight is 272 g/mol. The molecule has 0 spiro atoms. The van der Waals surface area contributed by atoms with E-state index in [1.165, 1.54) is 6.07 Å². The number of benzene rings is 2. The fourth-order valence-corrected chi connectivity index (χ4v) is 2.91. The molecular formula is C17H17FO2. The van der Waals surface area contributed by atoms with Gasteiger partial charge in [0.15, 0.2) is 0 Å². The lowest BCUT2D eigenvalue weighted by Gasteiger charge is -2.24. The Morgan fingerprint density at radius 2 is 2.05 bits per heavy atom. The Balaban J connectivity index is 2.18. The quantitative estimate of drug-likeness (QED) is 0.899. The molecule has 0 bridgehead atoms. The van der Waals surface area contributed by atoms with Crippen molar-refractivity contribution in [2.24, 2.45) is 0 Å². The molecule has 0 radical (unpaired) electrons. The van der Waals surface area contributed by atoms with Gasteiger partial charge >= 0.3 is 0 Å². The second-order valence-corrected chi connectivity index (χ2v) is 5.13. The lowest BCUT2D eigenvalue weighted by Crippen LogP contribution is -2.10. The molecule has 3 heteroatoms. The van der Waals surface area contributed by atoms with E-state index in [2.05, 4.69) is 0 Å². The molecule has 1 aliphatic rings. The fraction of sp³-hybridized carbons (Fsp3) is 0.294. The molecule has 0 heterocycles. The summed E-state index contributed by atoms with van der Waals surface area (Å²) in [6, 6.07) is 10.5. The summed E-state index contributed by atoms with van der Waals surface area (Å²) in [5.41, 5.74) is 3.38. The number of hydrogen-bond acceptors (Lipinski definition) is 2. The molecule has 1 atom stereocenters. The Morgan fingerprint density at radius 1 is 1.20 bits per heavy atom. The molecule has 104 valence electrons. The molecule has 0 saturated carbocycles. The van der Waals surface area contributed by atoms with Crippen LogP contribution >= 0.6 is 0 Å². The van der Waals surface area contributed by atoms with Crippen LogP contribution in [0, 0.1) is 5.82 Å². The van der Waals surface area contributed by atoms with Gasteiger partial charge in [0.2, 0.25) is 0 Å². The monoisotopic (exact) mass is 272 g/mol. The van der Waals surface area contributed by atoms with E-state index in [0.29, 0.717) is 11.3 Å². The second-order valence-electron chi connectivity index (χ2n) is 5.13. The molecule has 20 heavy (non-hydrogen) atoms. The lowest BCUT2D eigenvalue weighted by molar-refractivity contribution is 0.156. The van der Waals surface area contributed by atoms with Crippen LogP contribution in [0.1, 0.15) is 30.1 Å². The number of rotatable bonds is 2. The maximum Gasteiger partial charge on any atom is 0.131 e. The minimum absolute atomic E-state index is 0.265. The Bertz CT molecular complexity index is 637. The standard InChI is InChI=1S/C17H17FO2/c1-20-11-8-9-16(18)15(10-11)13-4-2-6-14-12(13)5-3-7-17(14)19/h2,4,6,8-10,17,19H,3,5,7H2,1H3. The predicted molar refractivity (Wildman–Crippen MR) is 76.3 cm³/mol. The van der Waals surface area contributed by atoms with E-state index in [4.69, 9.17) is 4.74 Å². The molecular weight excluding hydrogens is 255 g/mol. The van der Waals surface area contributed by atoms with E-state index >= 15 is 0 Å². The first-order chi connectivity index (χ1) is 9.70. The minimum atomic E-state index is -0.438. The van der Waals surface area contributed by atoms with E-state index in [-0.39, 0.29) is 5.82 Å². The van der Waals surface area contributed by atoms with E-state index in [0.717, 1.165) is 36.0 Å². The Hall–Kier alpha value is -1.87. The molecule has 0 saturated heterocycles. The highest BCUT2D eigenvalue weighted by molar-refractivity contribution is 5.71. The topological polar surface area (TPSA) is 29.5 Å². The van der Waals surface area contributed by atoms with Crippen LogP contribution in [0.5, 0.6) is 5.75 Å². The van der Waals surface area contributed by atoms with Crippen molar-refractivity contribution in [3.05, 3.63) is 53.3 Å². The zero-order valence-electron chi connectivity index (χ0n) is 11.4. The van der Waals surface area contributed by atoms with Crippen LogP contribution in [-0.4, -0.2) is 12.2 Å². The molecule has 0 fully saturated rings. The van der Waals surface area contributed by atoms with Gasteiger partial charge in [0, 0.05) is 5.56 Å². The summed E-state index contributed by atoms with van der Waals surface area (Å²) in [6.45, 7) is 0. The molecule has 1 unspecified atom stereocenters. The molecule has 2 nitrogen and oxygen atoms in total. The maximum atomic E-state index is 14.1. The molecule has 0 aliphatic heterocycles. The van der Waals surface area contributed by atoms with Crippen molar-refractivity contribution in [2.75, 3.05) is 7.11 Å². The summed E-state index contributed by atoms with van der Waals surface area (Å²) in [5, 5.41) is 10.1. The highest BCUT2D eigenvalue weighted by Crippen LogP contribution is 2.37. The van der Waals surface area contributed by atoms with Gasteiger partial charge in [-0.2, -0.15) is 0 Å². The summed E-state index contributed by atoms with van der Waals surface area (Å²) >= 11 is 0. The first kappa shape index (κ1) is 13.1. The van der Waals surface area contributed by atoms with Crippen molar-refractivity contribution >= 4 is 0 Å². The number of halogens is 1. The zero-order valence-corrected chi connectivity index (χ0v) is 11.4. The summed E-state index contributed by atoms with van der Waals surface area (Å²) in [6.07, 6.45) is 2.14. The van der Waals surface area contributed by atoms with Crippen molar-refractivity contribution in [3.8, 4) is 16.9 Å². The molecule has 2 aromatic carbocycles. The van der Waals surface area contributed by atoms with Gasteiger partial charge in [0.05, 0.1) is 13.2 Å². The molecule has 1 aliphatic carbocycles. The zero-order chi connectivity index (χ0) is 14.1. The van der Waals surface area contributed by atoms with Gasteiger partial charge in [-0.1, -0.05) is 18.2 Å². The van der Waals surface area contributed by atoms with Gasteiger partial charge in [0.1, 0.15) is 11.6 Å². The highest BCUT2D eigenvalue weighted by atomic mass is 19.1. The molecule has 0 amide bonds. The molecule has 2 aromatic rings. The number of hydrogen-bond donors (Lipinski definition) is 1. The lowest BCUT2D eigenvalue weighted by atomic mass is 9.84. The Labute approximate surface area is 117 Å². The number of fused-ring (bicyclic) bond motifs is 1. The normalized spacial score (nSPS) is 17.6. The van der Waals surface area contributed by atoms with Crippen LogP contribution in [0.15, 0.2) is 36.4 Å². The maximum absolute atomic E-state index is 14.1. The number of aliphatic hydroxyl groups is 1. The van der Waals surface area contributed by atoms with Crippen LogP contribution in [0.4, 0.5) is 4.39 Å². The van der Waals surface area contributed by atoms with E-state index < -0.39 is 6.10 Å². The van der Waals surface area contributed by atoms with Crippen LogP contribution in [0.2, 0.25) is 0 Å². The van der Waals surface area contributed by atoms with Gasteiger partial charge in [-0.3, -0.25) is 0 Å². The van der Waals surface area contributed by atoms with Crippen molar-refractivity contribution in [3.63, 3.8) is 0 Å². The minimum Gasteiger partial charge on any atom is -0.497 e. The van der Waals surface area contributed by atoms with Crippen LogP contribution in [0.25, 0.3) is 11.1 Å². The average Bonchev–Trinajstić information content (AvgIpc) is 2.48. The summed E-state index contributed by atoms with van der Waals surface area (Å²) < 4.78 is 19.3. The largest absolute Gasteiger partial charge is 0.497 e. The first-order valence-corrected chi connectivity index (χ1v) is 6.84. The van der Waals surface area contributed by atoms with Gasteiger partial charge in [-0.15, -0.1) is 0 Å². The fourth-order valence-electron chi connectivity index (χ4n) is 2.91. The van der Waals surface area contributed by atoms with Crippen LogP contribution in [-0.2, 0) is 6.42 Å². The summed E-state index contributed by atoms with van der Waals surface area (Å²) in [4.78, 5) is 0. The molecule has 3 rings (SSSR count). The smallest absolute Gasteiger partial charge is 0.131 e. The number of aliphatic hydroxyl groups excluding tert-OH is 1. The third-order valence-electron chi connectivity index (χ3n) is 3.94. The number of ether oxygens (including phenoxy) is 1. The second kappa shape index (κ2) is 5.25.